The summed E-state index contributed by atoms with van der Waals surface area (Å²) in [5, 5.41) is 45.7. The van der Waals surface area contributed by atoms with Gasteiger partial charge >= 0.3 is 60.6 Å². The van der Waals surface area contributed by atoms with E-state index in [4.69, 9.17) is 58.4 Å². The van der Waals surface area contributed by atoms with Gasteiger partial charge in [-0.3, -0.25) is 58.7 Å². The van der Waals surface area contributed by atoms with E-state index in [0.29, 0.717) is 128 Å². The first kappa shape index (κ1) is 128. The van der Waals surface area contributed by atoms with Crippen LogP contribution in [-0.2, 0) is 114 Å². The van der Waals surface area contributed by atoms with Crippen LogP contribution in [0, 0.1) is 0 Å². The number of carbonyl (C=O) groups excluding carboxylic acids is 16. The average Bonchev–Trinajstić information content (AvgIpc) is 0.894. The van der Waals surface area contributed by atoms with Crippen LogP contribution in [0.4, 0.5) is 14.4 Å². The van der Waals surface area contributed by atoms with Crippen molar-refractivity contribution in [2.75, 3.05) is 46.3 Å². The molecule has 7 amide bonds. The number of hydrogen-bond donors (Lipinski definition) is 10. The number of nitrogens with zero attached hydrogens (tertiary/aromatic N) is 8. The lowest BCUT2D eigenvalue weighted by Gasteiger charge is -2.21. The maximum Gasteiger partial charge on any atom is 0.373 e. The molecule has 5 rings (SSSR count). The topological polar surface area (TPSA) is 553 Å². The van der Waals surface area contributed by atoms with Crippen LogP contribution in [0.1, 0.15) is 319 Å². The number of carboxylic acid groups (broad SMARTS) is 3. The first-order chi connectivity index (χ1) is 67.3. The molecular weight excluding hydrogens is 1790 g/mol. The van der Waals surface area contributed by atoms with Crippen LogP contribution in [0.5, 0.6) is 0 Å². The number of pyridine rings is 5. The number of hydrogen-bond acceptors (Lipinski definition) is 28. The number of Topliss-reactive ketones (excluding diaryl/α,β-unsaturated/α-hetero) is 3. The third-order valence-electron chi connectivity index (χ3n) is 21.4. The number of amides is 7. The normalized spacial score (nSPS) is 11.1. The van der Waals surface area contributed by atoms with Crippen LogP contribution in [-0.4, -0.2) is 216 Å². The summed E-state index contributed by atoms with van der Waals surface area (Å²) in [6.45, 7) is 14.2. The predicted molar refractivity (Wildman–Crippen MR) is 515 cm³/mol. The van der Waals surface area contributed by atoms with Gasteiger partial charge in [0, 0.05) is 135 Å². The first-order valence-corrected chi connectivity index (χ1v) is 48.7. The van der Waals surface area contributed by atoms with Gasteiger partial charge in [-0.15, -0.1) is 0 Å². The minimum Gasteiger partial charge on any atom is -0.480 e. The van der Waals surface area contributed by atoms with Crippen LogP contribution in [0.25, 0.3) is 0 Å². The van der Waals surface area contributed by atoms with E-state index in [1.807, 2.05) is 131 Å². The van der Waals surface area contributed by atoms with Crippen LogP contribution >= 0.6 is 0 Å². The van der Waals surface area contributed by atoms with E-state index in [1.54, 1.807) is 6.20 Å². The van der Waals surface area contributed by atoms with Gasteiger partial charge in [-0.05, 0) is 196 Å². The molecule has 0 aliphatic rings. The van der Waals surface area contributed by atoms with Crippen LogP contribution in [0.15, 0.2) is 122 Å². The molecule has 0 aromatic carbocycles. The van der Waals surface area contributed by atoms with E-state index in [-0.39, 0.29) is 36.3 Å². The zero-order valence-corrected chi connectivity index (χ0v) is 82.0. The summed E-state index contributed by atoms with van der Waals surface area (Å²) in [6.07, 6.45) is 43.8. The zero-order valence-electron chi connectivity index (χ0n) is 82.0. The van der Waals surface area contributed by atoms with Gasteiger partial charge < -0.3 is 62.2 Å². The lowest BCUT2D eigenvalue weighted by Crippen LogP contribution is -2.46. The zero-order chi connectivity index (χ0) is 103. The Bertz CT molecular complexity index is 4020. The fourth-order valence-corrected chi connectivity index (χ4v) is 14.3. The molecule has 4 atom stereocenters. The Morgan fingerprint density at radius 3 is 0.835 bits per heavy atom. The molecule has 5 aromatic rings. The van der Waals surface area contributed by atoms with Gasteiger partial charge in [0.15, 0.2) is 6.23 Å². The Morgan fingerprint density at radius 1 is 0.324 bits per heavy atom. The lowest BCUT2D eigenvalue weighted by atomic mass is 10.0. The summed E-state index contributed by atoms with van der Waals surface area (Å²) < 4.78 is 5.08. The van der Waals surface area contributed by atoms with E-state index in [2.05, 4.69) is 89.0 Å². The summed E-state index contributed by atoms with van der Waals surface area (Å²) in [5.74, 6) is -2.21. The minimum atomic E-state index is -1.03. The standard InChI is InChI=1S/C34H57N5O7.C33H51N5O4.C30H45N5O4.4CO2/c1-3-17-30(33(43)44)37-34(45)36-24-14-8-4-5-9-19-29(41)20-10-6-7-11-21-31(42)38-32(46-27-40)22-13-16-25-39(2)26-28-18-12-15-23-35-28;1-2-17-31(32(40)41)37-33(42)36-24-13-7-3-5-9-20-30(39)21-10-6-4-8-16-25-38(26-28-18-11-14-22-34-28)27-29-19-12-15-23-35-29;1-2-14-28(29(37)38)34-30(39)33-21-10-5-3-4-6-17-27(36)18-9-13-22-35(23-25-15-7-11-19-31-25)24-26-16-8-12-20-32-26;4*2-1-3/h12,15,18,23,27,30,32H,3-11,13-14,16-17,19-22,24-26H2,1-2H3,(H,38,42)(H,43,44)(H2,36,37,45);11-12,14-15,18-19,22-23,31H,2-10,13,16-17,20-21,24-27H2,1H3,(H,40,41)(H2,36,37,42);7-8,11-12,15-16,19-20,28H,2-6,9-10,13-14,17-18,21-24H2,1H3,(H,37,38)(H2,33,34,39);;;;. The van der Waals surface area contributed by atoms with Crippen molar-refractivity contribution in [2.45, 2.75) is 348 Å². The van der Waals surface area contributed by atoms with Crippen molar-refractivity contribution in [3.63, 3.8) is 0 Å². The molecule has 770 valence electrons. The van der Waals surface area contributed by atoms with E-state index in [0.717, 1.165) is 261 Å². The van der Waals surface area contributed by atoms with Gasteiger partial charge in [-0.1, -0.05) is 160 Å². The number of aliphatic carboxylic acids is 3. The molecule has 0 aliphatic heterocycles. The Hall–Kier alpha value is -12.7. The van der Waals surface area contributed by atoms with Crippen molar-refractivity contribution >= 4 is 90.3 Å². The molecule has 139 heavy (non-hydrogen) atoms. The molecule has 38 nitrogen and oxygen atoms in total. The minimum absolute atomic E-state index is 0.131. The van der Waals surface area contributed by atoms with E-state index < -0.39 is 60.4 Å². The second kappa shape index (κ2) is 93.0. The first-order valence-electron chi connectivity index (χ1n) is 48.7. The Labute approximate surface area is 818 Å². The average molecular weight is 1950 g/mol. The fourth-order valence-electron chi connectivity index (χ4n) is 14.3. The Balaban J connectivity index is 0. The third-order valence-corrected chi connectivity index (χ3v) is 21.4. The van der Waals surface area contributed by atoms with Gasteiger partial charge in [-0.2, -0.15) is 38.4 Å². The maximum atomic E-state index is 12.3. The lowest BCUT2D eigenvalue weighted by molar-refractivity contribution is -0.193. The molecule has 0 fully saturated rings. The van der Waals surface area contributed by atoms with Crippen molar-refractivity contribution in [3.05, 3.63) is 150 Å². The third kappa shape index (κ3) is 81.1. The largest absolute Gasteiger partial charge is 0.480 e. The number of urea groups is 3. The molecule has 38 heteroatoms. The molecule has 0 saturated carbocycles. The number of carbonyl (C=O) groups is 11. The molecule has 4 unspecified atom stereocenters. The van der Waals surface area contributed by atoms with Gasteiger partial charge in [0.05, 0.1) is 28.5 Å². The van der Waals surface area contributed by atoms with Crippen LogP contribution in [0.2, 0.25) is 0 Å². The van der Waals surface area contributed by atoms with Crippen molar-refractivity contribution in [1.29, 1.82) is 0 Å². The molecule has 0 bridgehead atoms. The van der Waals surface area contributed by atoms with E-state index in [1.165, 1.54) is 0 Å². The summed E-state index contributed by atoms with van der Waals surface area (Å²) in [5.41, 5.74) is 5.22. The summed E-state index contributed by atoms with van der Waals surface area (Å²) in [6, 6.07) is 26.0. The monoisotopic (exact) mass is 1940 g/mol. The predicted octanol–water partition coefficient (Wildman–Crippen LogP) is 14.2. The van der Waals surface area contributed by atoms with Crippen molar-refractivity contribution in [1.82, 2.24) is 76.8 Å². The molecule has 5 heterocycles. The highest BCUT2D eigenvalue weighted by Gasteiger charge is 2.22. The molecule has 0 aliphatic carbocycles. The summed E-state index contributed by atoms with van der Waals surface area (Å²) >= 11 is 0. The van der Waals surface area contributed by atoms with Gasteiger partial charge in [-0.25, -0.2) is 28.8 Å². The highest BCUT2D eigenvalue weighted by Crippen LogP contribution is 2.18. The number of nitrogens with one attached hydrogen (secondary N) is 7. The SMILES string of the molecule is CCCC(NC(=O)NCCCCCCCC(=O)CCCCCCC(=O)NC(CCCCN(C)Cc1ccccn1)OC=O)C(=O)O.CCCC(NC(=O)NCCCCCCCC(=O)CCCCCCCN(Cc1ccccn1)Cc1ccccn1)C(=O)O.CCCC(NC(=O)NCCCCCCCC(=O)CCCCN(Cc1ccccn1)Cc1ccccn1)C(=O)O.O=C=O.O=C=O.O=C=O.O=C=O. The highest BCUT2D eigenvalue weighted by atomic mass is 16.5. The van der Waals surface area contributed by atoms with Crippen molar-refractivity contribution in [3.8, 4) is 0 Å². The summed E-state index contributed by atoms with van der Waals surface area (Å²) in [7, 11) is 2.04. The molecule has 0 radical (unpaired) electrons. The number of carboxylic acids is 3. The number of rotatable bonds is 74. The van der Waals surface area contributed by atoms with Crippen LogP contribution in [0.3, 0.4) is 0 Å². The highest BCUT2D eigenvalue weighted by molar-refractivity contribution is 5.84. The molecule has 0 saturated heterocycles. The number of unbranched alkanes of at least 4 members (excludes halogenated alkanes) is 21. The van der Waals surface area contributed by atoms with Gasteiger partial charge in [0.25, 0.3) is 6.47 Å². The van der Waals surface area contributed by atoms with Gasteiger partial charge in [0.2, 0.25) is 5.91 Å². The molecule has 5 aromatic heterocycles. The molecular formula is C101H153N15O23. The second-order valence-corrected chi connectivity index (χ2v) is 33.2. The second-order valence-electron chi connectivity index (χ2n) is 33.2. The van der Waals surface area contributed by atoms with E-state index >= 15 is 0 Å². The number of ether oxygens (including phenoxy) is 1. The smallest absolute Gasteiger partial charge is 0.373 e. The van der Waals surface area contributed by atoms with Crippen molar-refractivity contribution < 1.29 is 111 Å². The Morgan fingerprint density at radius 2 is 0.568 bits per heavy atom. The van der Waals surface area contributed by atoms with Crippen molar-refractivity contribution in [2.24, 2.45) is 0 Å². The fraction of sp³-hybridized carbons (Fsp3) is 0.604. The number of ketones is 3. The van der Waals surface area contributed by atoms with E-state index in [9.17, 15) is 52.7 Å². The number of aromatic nitrogens is 5. The van der Waals surface area contributed by atoms with Gasteiger partial charge in [0.1, 0.15) is 35.5 Å². The quantitative estimate of drug-likeness (QED) is 0.00982. The summed E-state index contributed by atoms with van der Waals surface area (Å²) in [4.78, 5) is 223. The molecule has 0 spiro atoms. The Kier molecular flexibility index (Phi) is 85.9. The maximum absolute atomic E-state index is 12.3. The van der Waals surface area contributed by atoms with Crippen LogP contribution < -0.4 is 37.2 Å². The molecule has 10 N–H and O–H groups in total.